The van der Waals surface area contributed by atoms with Crippen molar-refractivity contribution in [1.82, 2.24) is 14.8 Å². The monoisotopic (exact) mass is 445 g/mol. The van der Waals surface area contributed by atoms with E-state index in [-0.39, 0.29) is 5.91 Å². The van der Waals surface area contributed by atoms with Gasteiger partial charge < -0.3 is 10.2 Å². The molecule has 164 valence electrons. The molecule has 0 aliphatic carbocycles. The molecule has 2 heterocycles. The third-order valence-corrected chi connectivity index (χ3v) is 5.44. The Hall–Kier alpha value is -4.40. The van der Waals surface area contributed by atoms with Crippen molar-refractivity contribution in [3.63, 3.8) is 0 Å². The van der Waals surface area contributed by atoms with Crippen LogP contribution in [0.15, 0.2) is 73.1 Å². The SMILES string of the molecule is O=C(Nc1ccc(C(=O)N2CCc3nncn3-c3ccccc32)cc1)c1cccc(F)c1F. The van der Waals surface area contributed by atoms with Crippen LogP contribution in [0.25, 0.3) is 5.69 Å². The number of nitrogens with one attached hydrogen (secondary N) is 1. The lowest BCUT2D eigenvalue weighted by molar-refractivity contribution is 0.0986. The minimum Gasteiger partial charge on any atom is -0.322 e. The first-order valence-electron chi connectivity index (χ1n) is 10.2. The average molecular weight is 445 g/mol. The molecule has 1 aromatic heterocycles. The first kappa shape index (κ1) is 20.5. The Balaban J connectivity index is 1.37. The molecule has 1 aliphatic rings. The van der Waals surface area contributed by atoms with Crippen LogP contribution >= 0.6 is 0 Å². The van der Waals surface area contributed by atoms with Gasteiger partial charge >= 0.3 is 0 Å². The van der Waals surface area contributed by atoms with Crippen molar-refractivity contribution < 1.29 is 18.4 Å². The molecular formula is C24H17F2N5O2. The lowest BCUT2D eigenvalue weighted by atomic mass is 10.1. The Bertz CT molecular complexity index is 1370. The summed E-state index contributed by atoms with van der Waals surface area (Å²) in [7, 11) is 0. The number of nitrogens with zero attached hydrogens (tertiary/aromatic N) is 4. The third-order valence-electron chi connectivity index (χ3n) is 5.44. The molecule has 1 N–H and O–H groups in total. The zero-order valence-electron chi connectivity index (χ0n) is 17.2. The van der Waals surface area contributed by atoms with Crippen molar-refractivity contribution in [1.29, 1.82) is 0 Å². The van der Waals surface area contributed by atoms with Gasteiger partial charge in [0.2, 0.25) is 0 Å². The van der Waals surface area contributed by atoms with Gasteiger partial charge in [0.15, 0.2) is 11.6 Å². The van der Waals surface area contributed by atoms with Crippen molar-refractivity contribution in [2.24, 2.45) is 0 Å². The van der Waals surface area contributed by atoms with E-state index in [9.17, 15) is 18.4 Å². The van der Waals surface area contributed by atoms with E-state index < -0.39 is 23.1 Å². The fourth-order valence-electron chi connectivity index (χ4n) is 3.80. The molecule has 5 rings (SSSR count). The first-order valence-corrected chi connectivity index (χ1v) is 10.2. The van der Waals surface area contributed by atoms with Crippen LogP contribution in [0.1, 0.15) is 26.5 Å². The van der Waals surface area contributed by atoms with Gasteiger partial charge in [-0.3, -0.25) is 14.2 Å². The van der Waals surface area contributed by atoms with Gasteiger partial charge in [0.25, 0.3) is 11.8 Å². The van der Waals surface area contributed by atoms with Gasteiger partial charge in [-0.1, -0.05) is 18.2 Å². The number of aromatic nitrogens is 3. The highest BCUT2D eigenvalue weighted by atomic mass is 19.2. The fraction of sp³-hybridized carbons (Fsp3) is 0.0833. The van der Waals surface area contributed by atoms with Crippen LogP contribution in [0.3, 0.4) is 0 Å². The molecule has 0 bridgehead atoms. The highest BCUT2D eigenvalue weighted by Crippen LogP contribution is 2.29. The molecule has 4 aromatic rings. The lowest BCUT2D eigenvalue weighted by Crippen LogP contribution is -2.32. The number of benzene rings is 3. The summed E-state index contributed by atoms with van der Waals surface area (Å²) in [6.07, 6.45) is 2.16. The zero-order chi connectivity index (χ0) is 22.9. The second-order valence-corrected chi connectivity index (χ2v) is 7.45. The Labute approximate surface area is 187 Å². The minimum absolute atomic E-state index is 0.213. The Kier molecular flexibility index (Phi) is 5.14. The molecule has 0 saturated carbocycles. The Morgan fingerprint density at radius 3 is 2.45 bits per heavy atom. The van der Waals surface area contributed by atoms with Crippen LogP contribution in [0.2, 0.25) is 0 Å². The molecule has 7 nitrogen and oxygen atoms in total. The van der Waals surface area contributed by atoms with Gasteiger partial charge in [0, 0.05) is 24.2 Å². The summed E-state index contributed by atoms with van der Waals surface area (Å²) in [5.41, 5.74) is 1.91. The molecule has 3 aromatic carbocycles. The number of hydrogen-bond acceptors (Lipinski definition) is 4. The van der Waals surface area contributed by atoms with Gasteiger partial charge in [-0.25, -0.2) is 8.78 Å². The van der Waals surface area contributed by atoms with Crippen LogP contribution < -0.4 is 10.2 Å². The summed E-state index contributed by atoms with van der Waals surface area (Å²) in [6.45, 7) is 0.422. The van der Waals surface area contributed by atoms with E-state index >= 15 is 0 Å². The van der Waals surface area contributed by atoms with E-state index in [1.165, 1.54) is 12.1 Å². The minimum atomic E-state index is -1.21. The first-order chi connectivity index (χ1) is 16.0. The summed E-state index contributed by atoms with van der Waals surface area (Å²) in [5, 5.41) is 10.6. The number of para-hydroxylation sites is 2. The average Bonchev–Trinajstić information content (AvgIpc) is 3.24. The number of hydrogen-bond donors (Lipinski definition) is 1. The second-order valence-electron chi connectivity index (χ2n) is 7.45. The second kappa shape index (κ2) is 8.27. The summed E-state index contributed by atoms with van der Waals surface area (Å²) < 4.78 is 29.1. The van der Waals surface area contributed by atoms with E-state index in [4.69, 9.17) is 0 Å². The molecule has 0 radical (unpaired) electrons. The molecule has 9 heteroatoms. The molecule has 0 atom stereocenters. The molecule has 33 heavy (non-hydrogen) atoms. The normalized spacial score (nSPS) is 12.5. The van der Waals surface area contributed by atoms with E-state index in [1.807, 2.05) is 28.8 Å². The van der Waals surface area contributed by atoms with E-state index in [2.05, 4.69) is 15.5 Å². The predicted octanol–water partition coefficient (Wildman–Crippen LogP) is 4.00. The predicted molar refractivity (Wildman–Crippen MR) is 117 cm³/mol. The Morgan fingerprint density at radius 2 is 1.67 bits per heavy atom. The van der Waals surface area contributed by atoms with Crippen LogP contribution in [-0.2, 0) is 6.42 Å². The third kappa shape index (κ3) is 3.73. The van der Waals surface area contributed by atoms with Crippen LogP contribution in [0.4, 0.5) is 20.2 Å². The highest BCUT2D eigenvalue weighted by Gasteiger charge is 2.25. The summed E-state index contributed by atoms with van der Waals surface area (Å²) in [5.74, 6) is -2.54. The van der Waals surface area contributed by atoms with Gasteiger partial charge in [-0.2, -0.15) is 0 Å². The molecule has 0 unspecified atom stereocenters. The number of carbonyl (C=O) groups excluding carboxylic acids is 2. The molecule has 2 amide bonds. The number of halogens is 2. The maximum atomic E-state index is 13.9. The van der Waals surface area contributed by atoms with Gasteiger partial charge in [0.05, 0.1) is 16.9 Å². The van der Waals surface area contributed by atoms with Crippen LogP contribution in [-0.4, -0.2) is 33.1 Å². The van der Waals surface area contributed by atoms with Gasteiger partial charge in [-0.05, 0) is 48.5 Å². The van der Waals surface area contributed by atoms with Crippen molar-refractivity contribution in [2.45, 2.75) is 6.42 Å². The van der Waals surface area contributed by atoms with Crippen molar-refractivity contribution in [2.75, 3.05) is 16.8 Å². The molecule has 0 fully saturated rings. The standard InChI is InChI=1S/C24H17F2N5O2/c25-18-5-3-4-17(22(18)26)23(32)28-16-10-8-15(9-11-16)24(33)30-13-12-21-29-27-14-31(21)20-7-2-1-6-19(20)30/h1-11,14H,12-13H2,(H,28,32). The maximum absolute atomic E-state index is 13.9. The maximum Gasteiger partial charge on any atom is 0.258 e. The Morgan fingerprint density at radius 1 is 0.909 bits per heavy atom. The van der Waals surface area contributed by atoms with Crippen LogP contribution in [0.5, 0.6) is 0 Å². The number of amides is 2. The quantitative estimate of drug-likeness (QED) is 0.517. The van der Waals surface area contributed by atoms with E-state index in [0.717, 1.165) is 23.3 Å². The zero-order valence-corrected chi connectivity index (χ0v) is 17.2. The van der Waals surface area contributed by atoms with Crippen molar-refractivity contribution in [3.8, 4) is 5.69 Å². The van der Waals surface area contributed by atoms with Gasteiger partial charge in [0.1, 0.15) is 12.2 Å². The topological polar surface area (TPSA) is 80.1 Å². The number of fused-ring (bicyclic) bond motifs is 3. The van der Waals surface area contributed by atoms with E-state index in [1.54, 1.807) is 35.5 Å². The van der Waals surface area contributed by atoms with Crippen molar-refractivity contribution in [3.05, 3.63) is 102 Å². The number of anilines is 2. The molecule has 0 spiro atoms. The number of rotatable bonds is 3. The molecule has 0 saturated heterocycles. The number of carbonyl (C=O) groups is 2. The molecular weight excluding hydrogens is 428 g/mol. The largest absolute Gasteiger partial charge is 0.322 e. The highest BCUT2D eigenvalue weighted by molar-refractivity contribution is 6.08. The van der Waals surface area contributed by atoms with Crippen molar-refractivity contribution >= 4 is 23.2 Å². The lowest BCUT2D eigenvalue weighted by Gasteiger charge is -2.23. The fourth-order valence-corrected chi connectivity index (χ4v) is 3.80. The summed E-state index contributed by atoms with van der Waals surface area (Å²) in [6, 6.07) is 17.1. The van der Waals surface area contributed by atoms with E-state index in [0.29, 0.717) is 24.2 Å². The van der Waals surface area contributed by atoms with Crippen LogP contribution in [0, 0.1) is 11.6 Å². The smallest absolute Gasteiger partial charge is 0.258 e. The summed E-state index contributed by atoms with van der Waals surface area (Å²) >= 11 is 0. The van der Waals surface area contributed by atoms with Gasteiger partial charge in [-0.15, -0.1) is 10.2 Å². The molecule has 1 aliphatic heterocycles. The summed E-state index contributed by atoms with van der Waals surface area (Å²) in [4.78, 5) is 27.3.